The van der Waals surface area contributed by atoms with Crippen LogP contribution >= 0.6 is 0 Å². The van der Waals surface area contributed by atoms with Gasteiger partial charge in [-0.1, -0.05) is 17.3 Å². The smallest absolute Gasteiger partial charge is 0.269 e. The van der Waals surface area contributed by atoms with Gasteiger partial charge in [0.05, 0.1) is 24.8 Å². The number of ether oxygens (including phenoxy) is 2. The number of hydrogen-bond acceptors (Lipinski definition) is 7. The van der Waals surface area contributed by atoms with Gasteiger partial charge in [0.1, 0.15) is 0 Å². The number of nitrogens with zero attached hydrogens (tertiary/aromatic N) is 3. The van der Waals surface area contributed by atoms with E-state index in [2.05, 4.69) is 10.1 Å². The third-order valence-corrected chi connectivity index (χ3v) is 6.08. The van der Waals surface area contributed by atoms with Gasteiger partial charge in [-0.25, -0.2) is 0 Å². The third-order valence-electron chi connectivity index (χ3n) is 6.08. The van der Waals surface area contributed by atoms with E-state index in [0.717, 1.165) is 62.0 Å². The molecule has 0 aliphatic carbocycles. The summed E-state index contributed by atoms with van der Waals surface area (Å²) in [5, 5.41) is 16.2. The molecule has 4 rings (SSSR count). The summed E-state index contributed by atoms with van der Waals surface area (Å²) in [4.78, 5) is 13.0. The topological polar surface area (TPSA) is 90.9 Å². The number of rotatable bonds is 8. The molecular weight excluding hydrogens is 398 g/mol. The number of aromatic nitrogens is 1. The van der Waals surface area contributed by atoms with Gasteiger partial charge in [-0.3, -0.25) is 15.0 Å². The fraction of sp³-hybridized carbons (Fsp3) is 0.435. The van der Waals surface area contributed by atoms with Crippen LogP contribution in [0.5, 0.6) is 11.5 Å². The third kappa shape index (κ3) is 4.64. The summed E-state index contributed by atoms with van der Waals surface area (Å²) in [5.74, 6) is 1.84. The largest absolute Gasteiger partial charge is 0.493 e. The highest BCUT2D eigenvalue weighted by atomic mass is 16.6. The van der Waals surface area contributed by atoms with E-state index in [-0.39, 0.29) is 10.6 Å². The van der Waals surface area contributed by atoms with Gasteiger partial charge >= 0.3 is 0 Å². The van der Waals surface area contributed by atoms with E-state index in [4.69, 9.17) is 14.0 Å². The standard InChI is InChI=1S/C23H27N3O5/c1-29-21-9-7-19-20(24-31-22(19)23(21)30-2)8-6-16-10-12-25(13-11-16)15-17-4-3-5-18(14-17)26(27)28/h3-5,7,9,14,16H,6,8,10-13,15H2,1-2H3. The van der Waals surface area contributed by atoms with Gasteiger partial charge in [-0.15, -0.1) is 0 Å². The molecule has 0 unspecified atom stereocenters. The molecule has 1 saturated heterocycles. The Morgan fingerprint density at radius 3 is 2.71 bits per heavy atom. The minimum atomic E-state index is -0.338. The van der Waals surface area contributed by atoms with Crippen molar-refractivity contribution in [2.75, 3.05) is 27.3 Å². The molecule has 31 heavy (non-hydrogen) atoms. The zero-order chi connectivity index (χ0) is 21.8. The molecule has 2 heterocycles. The van der Waals surface area contributed by atoms with Crippen LogP contribution in [0.4, 0.5) is 5.69 Å². The van der Waals surface area contributed by atoms with Gasteiger partial charge in [0.15, 0.2) is 5.75 Å². The van der Waals surface area contributed by atoms with Gasteiger partial charge in [0.25, 0.3) is 5.69 Å². The maximum atomic E-state index is 11.0. The van der Waals surface area contributed by atoms with Crippen molar-refractivity contribution >= 4 is 16.7 Å². The van der Waals surface area contributed by atoms with E-state index in [0.29, 0.717) is 23.0 Å². The van der Waals surface area contributed by atoms with Crippen molar-refractivity contribution in [3.8, 4) is 11.5 Å². The highest BCUT2D eigenvalue weighted by Gasteiger charge is 2.22. The molecule has 164 valence electrons. The van der Waals surface area contributed by atoms with Crippen LogP contribution in [0.1, 0.15) is 30.5 Å². The lowest BCUT2D eigenvalue weighted by atomic mass is 9.91. The van der Waals surface area contributed by atoms with Crippen molar-refractivity contribution in [3.63, 3.8) is 0 Å². The van der Waals surface area contributed by atoms with E-state index in [1.807, 2.05) is 18.2 Å². The van der Waals surface area contributed by atoms with Crippen LogP contribution in [0.2, 0.25) is 0 Å². The predicted molar refractivity (Wildman–Crippen MR) is 117 cm³/mol. The summed E-state index contributed by atoms with van der Waals surface area (Å²) in [5.41, 5.74) is 2.73. The molecule has 0 N–H and O–H groups in total. The van der Waals surface area contributed by atoms with Gasteiger partial charge in [0, 0.05) is 24.1 Å². The normalized spacial score (nSPS) is 15.3. The molecule has 1 aromatic heterocycles. The fourth-order valence-corrected chi connectivity index (χ4v) is 4.35. The Morgan fingerprint density at radius 1 is 1.19 bits per heavy atom. The Morgan fingerprint density at radius 2 is 2.00 bits per heavy atom. The number of hydrogen-bond donors (Lipinski definition) is 0. The van der Waals surface area contributed by atoms with Crippen LogP contribution in [0.25, 0.3) is 11.0 Å². The summed E-state index contributed by atoms with van der Waals surface area (Å²) in [6.45, 7) is 2.75. The van der Waals surface area contributed by atoms with Gasteiger partial charge in [-0.05, 0) is 62.4 Å². The molecule has 2 aromatic carbocycles. The van der Waals surface area contributed by atoms with Crippen molar-refractivity contribution in [1.82, 2.24) is 10.1 Å². The average molecular weight is 425 g/mol. The molecule has 1 aliphatic heterocycles. The molecule has 0 saturated carbocycles. The molecule has 3 aromatic rings. The number of aryl methyl sites for hydroxylation is 1. The van der Waals surface area contributed by atoms with Crippen LogP contribution < -0.4 is 9.47 Å². The predicted octanol–water partition coefficient (Wildman–Crippen LogP) is 4.60. The number of benzene rings is 2. The Hall–Kier alpha value is -3.13. The highest BCUT2D eigenvalue weighted by Crippen LogP contribution is 2.37. The summed E-state index contributed by atoms with van der Waals surface area (Å²) in [6.07, 6.45) is 4.14. The Labute approximate surface area is 180 Å². The molecule has 8 heteroatoms. The molecular formula is C23H27N3O5. The minimum absolute atomic E-state index is 0.154. The number of nitro groups is 1. The summed E-state index contributed by atoms with van der Waals surface area (Å²) in [6, 6.07) is 10.8. The second kappa shape index (κ2) is 9.34. The quantitative estimate of drug-likeness (QED) is 0.385. The molecule has 0 amide bonds. The Bertz CT molecular complexity index is 1060. The number of non-ortho nitro benzene ring substituents is 1. The van der Waals surface area contributed by atoms with E-state index in [1.165, 1.54) is 6.07 Å². The molecule has 8 nitrogen and oxygen atoms in total. The lowest BCUT2D eigenvalue weighted by molar-refractivity contribution is -0.384. The van der Waals surface area contributed by atoms with Crippen LogP contribution in [0, 0.1) is 16.0 Å². The molecule has 0 radical (unpaired) electrons. The lowest BCUT2D eigenvalue weighted by Gasteiger charge is -2.31. The zero-order valence-electron chi connectivity index (χ0n) is 17.9. The first-order valence-corrected chi connectivity index (χ1v) is 10.5. The second-order valence-corrected chi connectivity index (χ2v) is 7.99. The number of fused-ring (bicyclic) bond motifs is 1. The fourth-order valence-electron chi connectivity index (χ4n) is 4.35. The lowest BCUT2D eigenvalue weighted by Crippen LogP contribution is -2.33. The van der Waals surface area contributed by atoms with Crippen molar-refractivity contribution in [2.24, 2.45) is 5.92 Å². The number of likely N-dealkylation sites (tertiary alicyclic amines) is 1. The summed E-state index contributed by atoms with van der Waals surface area (Å²) >= 11 is 0. The van der Waals surface area contributed by atoms with Crippen molar-refractivity contribution < 1.29 is 18.9 Å². The van der Waals surface area contributed by atoms with E-state index < -0.39 is 0 Å². The average Bonchev–Trinajstić information content (AvgIpc) is 3.21. The molecule has 0 spiro atoms. The zero-order valence-corrected chi connectivity index (χ0v) is 17.9. The molecule has 0 bridgehead atoms. The van der Waals surface area contributed by atoms with Gasteiger partial charge in [-0.2, -0.15) is 0 Å². The summed E-state index contributed by atoms with van der Waals surface area (Å²) < 4.78 is 16.3. The molecule has 1 fully saturated rings. The van der Waals surface area contributed by atoms with E-state index >= 15 is 0 Å². The maximum Gasteiger partial charge on any atom is 0.269 e. The monoisotopic (exact) mass is 425 g/mol. The van der Waals surface area contributed by atoms with E-state index in [1.54, 1.807) is 26.4 Å². The first kappa shape index (κ1) is 21.1. The van der Waals surface area contributed by atoms with Crippen molar-refractivity contribution in [2.45, 2.75) is 32.2 Å². The second-order valence-electron chi connectivity index (χ2n) is 7.99. The highest BCUT2D eigenvalue weighted by molar-refractivity contribution is 5.87. The number of piperidine rings is 1. The van der Waals surface area contributed by atoms with Crippen LogP contribution in [0.3, 0.4) is 0 Å². The van der Waals surface area contributed by atoms with Crippen LogP contribution in [-0.2, 0) is 13.0 Å². The maximum absolute atomic E-state index is 11.0. The van der Waals surface area contributed by atoms with Crippen molar-refractivity contribution in [3.05, 3.63) is 57.8 Å². The molecule has 0 atom stereocenters. The van der Waals surface area contributed by atoms with Crippen molar-refractivity contribution in [1.29, 1.82) is 0 Å². The Balaban J connectivity index is 1.32. The number of nitro benzene ring substituents is 1. The van der Waals surface area contributed by atoms with Gasteiger partial charge < -0.3 is 14.0 Å². The Kier molecular flexibility index (Phi) is 6.36. The molecule has 1 aliphatic rings. The first-order chi connectivity index (χ1) is 15.1. The SMILES string of the molecule is COc1ccc2c(CCC3CCN(Cc4cccc([N+](=O)[O-])c4)CC3)noc2c1OC. The van der Waals surface area contributed by atoms with E-state index in [9.17, 15) is 10.1 Å². The summed E-state index contributed by atoms with van der Waals surface area (Å²) in [7, 11) is 3.20. The number of methoxy groups -OCH3 is 2. The van der Waals surface area contributed by atoms with Crippen LogP contribution in [0.15, 0.2) is 40.9 Å². The van der Waals surface area contributed by atoms with Gasteiger partial charge in [0.2, 0.25) is 11.3 Å². The van der Waals surface area contributed by atoms with Crippen LogP contribution in [-0.4, -0.2) is 42.3 Å². The first-order valence-electron chi connectivity index (χ1n) is 10.5. The minimum Gasteiger partial charge on any atom is -0.493 e.